The highest BCUT2D eigenvalue weighted by molar-refractivity contribution is 5.95. The second-order valence-electron chi connectivity index (χ2n) is 5.04. The van der Waals surface area contributed by atoms with Crippen LogP contribution in [0.5, 0.6) is 0 Å². The minimum Gasteiger partial charge on any atom is -0.478 e. The van der Waals surface area contributed by atoms with Gasteiger partial charge in [0.1, 0.15) is 0 Å². The molecule has 0 aromatic heterocycles. The van der Waals surface area contributed by atoms with Crippen molar-refractivity contribution < 1.29 is 9.90 Å². The maximum Gasteiger partial charge on any atom is 0.337 e. The molecule has 1 atom stereocenters. The van der Waals surface area contributed by atoms with Gasteiger partial charge < -0.3 is 21.1 Å². The highest BCUT2D eigenvalue weighted by atomic mass is 16.4. The smallest absolute Gasteiger partial charge is 0.337 e. The summed E-state index contributed by atoms with van der Waals surface area (Å²) in [5.74, 6) is -0.365. The third-order valence-electron chi connectivity index (χ3n) is 3.67. The number of anilines is 2. The van der Waals surface area contributed by atoms with Crippen LogP contribution in [0, 0.1) is 5.92 Å². The number of nitrogens with one attached hydrogen (secondary N) is 1. The van der Waals surface area contributed by atoms with Crippen molar-refractivity contribution in [2.24, 2.45) is 5.92 Å². The quantitative estimate of drug-likeness (QED) is 0.705. The number of nitrogen functional groups attached to an aromatic ring is 1. The van der Waals surface area contributed by atoms with Crippen LogP contribution < -0.4 is 11.1 Å². The third kappa shape index (κ3) is 3.38. The second kappa shape index (κ2) is 5.93. The first-order chi connectivity index (χ1) is 9.10. The lowest BCUT2D eigenvalue weighted by atomic mass is 10.1. The molecular weight excluding hydrogens is 242 g/mol. The minimum absolute atomic E-state index is 0.241. The molecule has 1 aliphatic rings. The Kier molecular flexibility index (Phi) is 4.27. The molecular formula is C14H21N3O2. The van der Waals surface area contributed by atoms with Crippen LogP contribution in [-0.4, -0.2) is 42.2 Å². The molecule has 1 unspecified atom stereocenters. The Balaban J connectivity index is 1.98. The Bertz CT molecular complexity index is 462. The average molecular weight is 263 g/mol. The number of carboxylic acids is 1. The van der Waals surface area contributed by atoms with Gasteiger partial charge in [0.05, 0.1) is 5.56 Å². The number of nitrogens with zero attached hydrogens (tertiary/aromatic N) is 1. The predicted octanol–water partition coefficient (Wildman–Crippen LogP) is 1.72. The van der Waals surface area contributed by atoms with Gasteiger partial charge in [-0.2, -0.15) is 0 Å². The molecule has 0 saturated carbocycles. The van der Waals surface area contributed by atoms with Gasteiger partial charge in [-0.1, -0.05) is 6.92 Å². The van der Waals surface area contributed by atoms with Gasteiger partial charge in [-0.3, -0.25) is 0 Å². The Labute approximate surface area is 113 Å². The van der Waals surface area contributed by atoms with E-state index in [2.05, 4.69) is 17.1 Å². The molecule has 1 aromatic rings. The van der Waals surface area contributed by atoms with Gasteiger partial charge in [0, 0.05) is 24.5 Å². The molecule has 5 nitrogen and oxygen atoms in total. The molecule has 104 valence electrons. The van der Waals surface area contributed by atoms with E-state index in [1.165, 1.54) is 6.07 Å². The largest absolute Gasteiger partial charge is 0.478 e. The highest BCUT2D eigenvalue weighted by Crippen LogP contribution is 2.21. The minimum atomic E-state index is -0.948. The normalized spacial score (nSPS) is 19.5. The number of benzene rings is 1. The van der Waals surface area contributed by atoms with Crippen LogP contribution in [-0.2, 0) is 0 Å². The summed E-state index contributed by atoms with van der Waals surface area (Å²) in [7, 11) is 0. The number of carbonyl (C=O) groups is 1. The van der Waals surface area contributed by atoms with Crippen LogP contribution in [0.1, 0.15) is 23.7 Å². The highest BCUT2D eigenvalue weighted by Gasteiger charge is 2.21. The summed E-state index contributed by atoms with van der Waals surface area (Å²) in [6, 6.07) is 4.96. The van der Waals surface area contributed by atoms with Crippen molar-refractivity contribution in [2.45, 2.75) is 13.3 Å². The molecule has 0 spiro atoms. The Morgan fingerprint density at radius 2 is 2.37 bits per heavy atom. The Morgan fingerprint density at radius 1 is 1.58 bits per heavy atom. The molecule has 2 rings (SSSR count). The van der Waals surface area contributed by atoms with E-state index in [-0.39, 0.29) is 5.56 Å². The summed E-state index contributed by atoms with van der Waals surface area (Å²) in [6.07, 6.45) is 1.16. The van der Waals surface area contributed by atoms with Crippen molar-refractivity contribution in [3.05, 3.63) is 23.8 Å². The van der Waals surface area contributed by atoms with E-state index in [0.29, 0.717) is 17.3 Å². The predicted molar refractivity (Wildman–Crippen MR) is 76.5 cm³/mol. The average Bonchev–Trinajstić information content (AvgIpc) is 2.85. The van der Waals surface area contributed by atoms with Crippen molar-refractivity contribution in [1.29, 1.82) is 0 Å². The lowest BCUT2D eigenvalue weighted by Crippen LogP contribution is -2.22. The van der Waals surface area contributed by atoms with Crippen LogP contribution in [0.3, 0.4) is 0 Å². The first-order valence-corrected chi connectivity index (χ1v) is 6.69. The van der Waals surface area contributed by atoms with Crippen molar-refractivity contribution >= 4 is 17.3 Å². The molecule has 0 aliphatic carbocycles. The summed E-state index contributed by atoms with van der Waals surface area (Å²) in [6.45, 7) is 6.27. The second-order valence-corrected chi connectivity index (χ2v) is 5.04. The summed E-state index contributed by atoms with van der Waals surface area (Å²) in [5, 5.41) is 12.4. The zero-order chi connectivity index (χ0) is 13.8. The van der Waals surface area contributed by atoms with Crippen molar-refractivity contribution in [3.63, 3.8) is 0 Å². The zero-order valence-electron chi connectivity index (χ0n) is 11.2. The topological polar surface area (TPSA) is 78.6 Å². The van der Waals surface area contributed by atoms with Gasteiger partial charge in [-0.25, -0.2) is 4.79 Å². The van der Waals surface area contributed by atoms with E-state index in [4.69, 9.17) is 10.8 Å². The monoisotopic (exact) mass is 263 g/mol. The van der Waals surface area contributed by atoms with Crippen molar-refractivity contribution in [3.8, 4) is 0 Å². The Hall–Kier alpha value is -1.75. The first kappa shape index (κ1) is 13.7. The molecule has 1 fully saturated rings. The van der Waals surface area contributed by atoms with Crippen molar-refractivity contribution in [2.75, 3.05) is 37.2 Å². The van der Waals surface area contributed by atoms with E-state index < -0.39 is 5.97 Å². The number of hydrogen-bond acceptors (Lipinski definition) is 4. The lowest BCUT2D eigenvalue weighted by Gasteiger charge is -2.15. The molecule has 1 aliphatic heterocycles. The molecule has 1 heterocycles. The number of nitrogens with two attached hydrogens (primary N) is 1. The lowest BCUT2D eigenvalue weighted by molar-refractivity contribution is 0.0698. The van der Waals surface area contributed by atoms with E-state index in [1.54, 1.807) is 12.1 Å². The first-order valence-electron chi connectivity index (χ1n) is 6.69. The number of carboxylic acid groups (broad SMARTS) is 1. The fourth-order valence-corrected chi connectivity index (χ4v) is 2.51. The molecule has 0 amide bonds. The summed E-state index contributed by atoms with van der Waals surface area (Å²) >= 11 is 0. The maximum atomic E-state index is 11.2. The fourth-order valence-electron chi connectivity index (χ4n) is 2.51. The SMILES string of the molecule is CCN1CCC(CNc2ccc(N)cc2C(=O)O)C1. The molecule has 5 heteroatoms. The van der Waals surface area contributed by atoms with E-state index in [1.807, 2.05) is 0 Å². The van der Waals surface area contributed by atoms with Gasteiger partial charge in [0.2, 0.25) is 0 Å². The molecule has 19 heavy (non-hydrogen) atoms. The van der Waals surface area contributed by atoms with E-state index in [9.17, 15) is 4.79 Å². The van der Waals surface area contributed by atoms with Crippen LogP contribution in [0.25, 0.3) is 0 Å². The number of likely N-dealkylation sites (tertiary alicyclic amines) is 1. The standard InChI is InChI=1S/C14H21N3O2/c1-2-17-6-5-10(9-17)8-16-13-4-3-11(15)7-12(13)14(18)19/h3-4,7,10,16H,2,5-6,8-9,15H2,1H3,(H,18,19). The van der Waals surface area contributed by atoms with Crippen LogP contribution in [0.4, 0.5) is 11.4 Å². The molecule has 1 aromatic carbocycles. The van der Waals surface area contributed by atoms with Crippen molar-refractivity contribution in [1.82, 2.24) is 4.90 Å². The molecule has 4 N–H and O–H groups in total. The fraction of sp³-hybridized carbons (Fsp3) is 0.500. The number of rotatable bonds is 5. The van der Waals surface area contributed by atoms with E-state index >= 15 is 0 Å². The number of hydrogen-bond donors (Lipinski definition) is 3. The molecule has 1 saturated heterocycles. The summed E-state index contributed by atoms with van der Waals surface area (Å²) in [5.41, 5.74) is 6.99. The third-order valence-corrected chi connectivity index (χ3v) is 3.67. The molecule has 0 radical (unpaired) electrons. The number of aromatic carboxylic acids is 1. The van der Waals surface area contributed by atoms with Crippen LogP contribution in [0.15, 0.2) is 18.2 Å². The zero-order valence-corrected chi connectivity index (χ0v) is 11.2. The van der Waals surface area contributed by atoms with Gasteiger partial charge in [0.15, 0.2) is 0 Å². The van der Waals surface area contributed by atoms with E-state index in [0.717, 1.165) is 32.6 Å². The maximum absolute atomic E-state index is 11.2. The van der Waals surface area contributed by atoms with Gasteiger partial charge in [0.25, 0.3) is 0 Å². The van der Waals surface area contributed by atoms with Gasteiger partial charge >= 0.3 is 5.97 Å². The molecule has 0 bridgehead atoms. The van der Waals surface area contributed by atoms with Gasteiger partial charge in [-0.15, -0.1) is 0 Å². The van der Waals surface area contributed by atoms with Gasteiger partial charge in [-0.05, 0) is 43.6 Å². The van der Waals surface area contributed by atoms with Crippen LogP contribution >= 0.6 is 0 Å². The Morgan fingerprint density at radius 3 is 3.00 bits per heavy atom. The summed E-state index contributed by atoms with van der Waals surface area (Å²) in [4.78, 5) is 13.6. The summed E-state index contributed by atoms with van der Waals surface area (Å²) < 4.78 is 0. The van der Waals surface area contributed by atoms with Crippen LogP contribution in [0.2, 0.25) is 0 Å².